The zero-order valence-corrected chi connectivity index (χ0v) is 13.4. The molecule has 0 radical (unpaired) electrons. The summed E-state index contributed by atoms with van der Waals surface area (Å²) < 4.78 is 0. The first-order valence-electron chi connectivity index (χ1n) is 7.03. The predicted octanol–water partition coefficient (Wildman–Crippen LogP) is 2.52. The number of nitrogens with zero attached hydrogens (tertiary/aromatic N) is 1. The Kier molecular flexibility index (Phi) is 4.44. The molecule has 22 heavy (non-hydrogen) atoms. The van der Waals surface area contributed by atoms with Crippen molar-refractivity contribution in [1.29, 1.82) is 0 Å². The van der Waals surface area contributed by atoms with Crippen molar-refractivity contribution in [2.24, 2.45) is 0 Å². The smallest absolute Gasteiger partial charge is 0.259 e. The van der Waals surface area contributed by atoms with Crippen LogP contribution >= 0.6 is 22.9 Å². The number of hydrogen-bond acceptors (Lipinski definition) is 5. The van der Waals surface area contributed by atoms with Crippen molar-refractivity contribution < 1.29 is 9.90 Å². The molecule has 1 aromatic heterocycles. The van der Waals surface area contributed by atoms with E-state index in [1.54, 1.807) is 6.07 Å². The van der Waals surface area contributed by atoms with Crippen LogP contribution in [0.4, 0.5) is 5.13 Å². The minimum absolute atomic E-state index is 0.269. The van der Waals surface area contributed by atoms with Crippen molar-refractivity contribution in [1.82, 2.24) is 10.3 Å². The van der Waals surface area contributed by atoms with Crippen molar-refractivity contribution in [2.75, 3.05) is 18.4 Å². The van der Waals surface area contributed by atoms with Crippen LogP contribution in [0.25, 0.3) is 11.3 Å². The van der Waals surface area contributed by atoms with Gasteiger partial charge in [0.1, 0.15) is 0 Å². The van der Waals surface area contributed by atoms with Gasteiger partial charge in [0.15, 0.2) is 10.7 Å². The highest BCUT2D eigenvalue weighted by Crippen LogP contribution is 2.27. The second kappa shape index (κ2) is 6.34. The lowest BCUT2D eigenvalue weighted by molar-refractivity contribution is -0.135. The molecule has 5 nitrogen and oxygen atoms in total. The first-order chi connectivity index (χ1) is 10.6. The Morgan fingerprint density at radius 2 is 2.36 bits per heavy atom. The van der Waals surface area contributed by atoms with E-state index in [1.165, 1.54) is 11.3 Å². The quantitative estimate of drug-likeness (QED) is 0.804. The Morgan fingerprint density at radius 3 is 3.09 bits per heavy atom. The highest BCUT2D eigenvalue weighted by molar-refractivity contribution is 7.14. The van der Waals surface area contributed by atoms with E-state index in [2.05, 4.69) is 15.6 Å². The maximum Gasteiger partial charge on any atom is 0.259 e. The number of aliphatic hydroxyl groups is 1. The molecule has 0 aliphatic carbocycles. The van der Waals surface area contributed by atoms with E-state index < -0.39 is 11.5 Å². The number of carbonyl (C=O) groups excluding carboxylic acids is 1. The minimum Gasteiger partial charge on any atom is -0.379 e. The van der Waals surface area contributed by atoms with Crippen molar-refractivity contribution in [3.05, 3.63) is 34.7 Å². The van der Waals surface area contributed by atoms with E-state index in [-0.39, 0.29) is 6.54 Å². The van der Waals surface area contributed by atoms with E-state index in [0.717, 1.165) is 24.2 Å². The summed E-state index contributed by atoms with van der Waals surface area (Å²) in [7, 11) is 0. The standard InChI is InChI=1S/C15H16ClN3O2S/c16-11-4-1-3-10(7-11)12-8-22-14(18-12)19-13(20)15(21)5-2-6-17-9-15/h1,3-4,7-8,17,21H,2,5-6,9H2,(H,18,19,20)/t15-/m0/s1. The second-order valence-corrected chi connectivity index (χ2v) is 6.61. The van der Waals surface area contributed by atoms with Gasteiger partial charge in [-0.25, -0.2) is 4.98 Å². The van der Waals surface area contributed by atoms with E-state index in [4.69, 9.17) is 11.6 Å². The van der Waals surface area contributed by atoms with Crippen LogP contribution in [-0.4, -0.2) is 34.7 Å². The predicted molar refractivity (Wildman–Crippen MR) is 88.2 cm³/mol. The molecule has 7 heteroatoms. The van der Waals surface area contributed by atoms with Crippen LogP contribution in [0.1, 0.15) is 12.8 Å². The van der Waals surface area contributed by atoms with Gasteiger partial charge in [-0.05, 0) is 31.5 Å². The average molecular weight is 338 g/mol. The number of benzene rings is 1. The van der Waals surface area contributed by atoms with Gasteiger partial charge in [0.25, 0.3) is 5.91 Å². The maximum atomic E-state index is 12.2. The third-order valence-electron chi connectivity index (χ3n) is 3.63. The summed E-state index contributed by atoms with van der Waals surface area (Å²) in [4.78, 5) is 16.6. The molecular weight excluding hydrogens is 322 g/mol. The third-order valence-corrected chi connectivity index (χ3v) is 4.62. The van der Waals surface area contributed by atoms with Gasteiger partial charge in [0, 0.05) is 22.5 Å². The van der Waals surface area contributed by atoms with Gasteiger partial charge >= 0.3 is 0 Å². The number of hydrogen-bond donors (Lipinski definition) is 3. The number of piperidine rings is 1. The fourth-order valence-electron chi connectivity index (χ4n) is 2.41. The monoisotopic (exact) mass is 337 g/mol. The Bertz CT molecular complexity index is 683. The summed E-state index contributed by atoms with van der Waals surface area (Å²) in [6.07, 6.45) is 1.23. The number of carbonyl (C=O) groups is 1. The Hall–Kier alpha value is -1.47. The van der Waals surface area contributed by atoms with Gasteiger partial charge in [-0.3, -0.25) is 10.1 Å². The first kappa shape index (κ1) is 15.4. The Balaban J connectivity index is 1.73. The van der Waals surface area contributed by atoms with Gasteiger partial charge in [-0.15, -0.1) is 11.3 Å². The lowest BCUT2D eigenvalue weighted by Gasteiger charge is -2.30. The molecule has 3 rings (SSSR count). The van der Waals surface area contributed by atoms with Crippen LogP contribution in [0.2, 0.25) is 5.02 Å². The Labute approximate surface area is 137 Å². The molecule has 1 aromatic carbocycles. The van der Waals surface area contributed by atoms with Gasteiger partial charge in [0.2, 0.25) is 0 Å². The number of amides is 1. The van der Waals surface area contributed by atoms with Crippen molar-refractivity contribution in [2.45, 2.75) is 18.4 Å². The summed E-state index contributed by atoms with van der Waals surface area (Å²) in [6, 6.07) is 7.38. The molecular formula is C15H16ClN3O2S. The molecule has 1 amide bonds. The van der Waals surface area contributed by atoms with E-state index in [0.29, 0.717) is 16.6 Å². The van der Waals surface area contributed by atoms with E-state index in [1.807, 2.05) is 23.6 Å². The molecule has 1 aliphatic rings. The van der Waals surface area contributed by atoms with E-state index in [9.17, 15) is 9.90 Å². The van der Waals surface area contributed by atoms with Gasteiger partial charge in [0.05, 0.1) is 5.69 Å². The molecule has 1 aliphatic heterocycles. The fourth-order valence-corrected chi connectivity index (χ4v) is 3.31. The normalized spacial score (nSPS) is 21.5. The summed E-state index contributed by atoms with van der Waals surface area (Å²) in [5, 5.41) is 19.0. The Morgan fingerprint density at radius 1 is 1.50 bits per heavy atom. The third kappa shape index (κ3) is 3.30. The fraction of sp³-hybridized carbons (Fsp3) is 0.333. The highest BCUT2D eigenvalue weighted by Gasteiger charge is 2.37. The number of rotatable bonds is 3. The number of thiazole rings is 1. The molecule has 116 valence electrons. The van der Waals surface area contributed by atoms with Crippen LogP contribution in [0.15, 0.2) is 29.6 Å². The summed E-state index contributed by atoms with van der Waals surface area (Å²) >= 11 is 7.30. The molecule has 1 fully saturated rings. The minimum atomic E-state index is -1.36. The number of anilines is 1. The maximum absolute atomic E-state index is 12.2. The number of aromatic nitrogens is 1. The zero-order valence-electron chi connectivity index (χ0n) is 11.8. The number of β-amino-alcohol motifs (C(OH)–C–C–N with tert-alkyl or cyclic N) is 1. The lowest BCUT2D eigenvalue weighted by atomic mass is 9.93. The molecule has 0 unspecified atom stereocenters. The molecule has 0 spiro atoms. The molecule has 0 bridgehead atoms. The van der Waals surface area contributed by atoms with Crippen LogP contribution in [0.3, 0.4) is 0 Å². The van der Waals surface area contributed by atoms with Crippen molar-refractivity contribution in [3.63, 3.8) is 0 Å². The number of halogens is 1. The summed E-state index contributed by atoms with van der Waals surface area (Å²) in [5.74, 6) is -0.410. The summed E-state index contributed by atoms with van der Waals surface area (Å²) in [5.41, 5.74) is 0.277. The molecule has 0 saturated carbocycles. The van der Waals surface area contributed by atoms with Crippen LogP contribution < -0.4 is 10.6 Å². The molecule has 1 atom stereocenters. The average Bonchev–Trinajstić information content (AvgIpc) is 2.96. The van der Waals surface area contributed by atoms with Gasteiger partial charge < -0.3 is 10.4 Å². The van der Waals surface area contributed by atoms with Crippen LogP contribution in [0.5, 0.6) is 0 Å². The SMILES string of the molecule is O=C(Nc1nc(-c2cccc(Cl)c2)cs1)[C@]1(O)CCCNC1. The van der Waals surface area contributed by atoms with Crippen molar-refractivity contribution in [3.8, 4) is 11.3 Å². The summed E-state index contributed by atoms with van der Waals surface area (Å²) in [6.45, 7) is 1.09. The largest absolute Gasteiger partial charge is 0.379 e. The molecule has 2 heterocycles. The second-order valence-electron chi connectivity index (χ2n) is 5.31. The molecule has 2 aromatic rings. The highest BCUT2D eigenvalue weighted by atomic mass is 35.5. The molecule has 3 N–H and O–H groups in total. The van der Waals surface area contributed by atoms with Gasteiger partial charge in [-0.1, -0.05) is 23.7 Å². The van der Waals surface area contributed by atoms with Crippen LogP contribution in [-0.2, 0) is 4.79 Å². The van der Waals surface area contributed by atoms with Crippen LogP contribution in [0, 0.1) is 0 Å². The number of nitrogens with one attached hydrogen (secondary N) is 2. The van der Waals surface area contributed by atoms with Crippen molar-refractivity contribution >= 4 is 34.0 Å². The zero-order chi connectivity index (χ0) is 15.6. The first-order valence-corrected chi connectivity index (χ1v) is 8.29. The van der Waals surface area contributed by atoms with E-state index >= 15 is 0 Å². The lowest BCUT2D eigenvalue weighted by Crippen LogP contribution is -2.53. The van der Waals surface area contributed by atoms with Gasteiger partial charge in [-0.2, -0.15) is 0 Å². The topological polar surface area (TPSA) is 74.2 Å². The molecule has 1 saturated heterocycles.